The number of nitrogens with zero attached hydrogens (tertiary/aromatic N) is 1. The molecule has 1 atom stereocenters. The summed E-state index contributed by atoms with van der Waals surface area (Å²) >= 11 is 0. The summed E-state index contributed by atoms with van der Waals surface area (Å²) in [6.45, 7) is 6.40. The lowest BCUT2D eigenvalue weighted by atomic mass is 10.1. The molecule has 1 aliphatic rings. The first-order valence-corrected chi connectivity index (χ1v) is 10.8. The molecule has 1 aliphatic heterocycles. The van der Waals surface area contributed by atoms with Gasteiger partial charge in [-0.15, -0.1) is 0 Å². The van der Waals surface area contributed by atoms with E-state index in [4.69, 9.17) is 9.15 Å². The third-order valence-corrected chi connectivity index (χ3v) is 6.00. The molecule has 1 aromatic heterocycles. The molecular weight excluding hydrogens is 390 g/mol. The highest BCUT2D eigenvalue weighted by molar-refractivity contribution is 5.94. The van der Waals surface area contributed by atoms with Crippen LogP contribution in [0, 0.1) is 6.92 Å². The van der Waals surface area contributed by atoms with Gasteiger partial charge in [-0.05, 0) is 55.5 Å². The van der Waals surface area contributed by atoms with Gasteiger partial charge in [-0.3, -0.25) is 4.79 Å². The molecule has 1 saturated heterocycles. The molecule has 2 N–H and O–H groups in total. The number of ether oxygens (including phenoxy) is 1. The van der Waals surface area contributed by atoms with E-state index < -0.39 is 0 Å². The summed E-state index contributed by atoms with van der Waals surface area (Å²) in [6.07, 6.45) is 1.71. The van der Waals surface area contributed by atoms with E-state index in [1.165, 1.54) is 10.6 Å². The van der Waals surface area contributed by atoms with E-state index in [2.05, 4.69) is 22.3 Å². The van der Waals surface area contributed by atoms with Gasteiger partial charge in [0.1, 0.15) is 5.75 Å². The lowest BCUT2D eigenvalue weighted by Crippen LogP contribution is -3.15. The van der Waals surface area contributed by atoms with Crippen LogP contribution in [0.25, 0.3) is 0 Å². The second kappa shape index (κ2) is 9.71. The minimum atomic E-state index is -0.0483. The highest BCUT2D eigenvalue weighted by atomic mass is 16.5. The number of quaternary nitrogens is 1. The fourth-order valence-corrected chi connectivity index (χ4v) is 4.13. The molecule has 1 amide bonds. The van der Waals surface area contributed by atoms with E-state index in [1.807, 2.05) is 55.5 Å². The van der Waals surface area contributed by atoms with E-state index in [0.717, 1.165) is 43.3 Å². The molecule has 1 fully saturated rings. The Labute approximate surface area is 183 Å². The van der Waals surface area contributed by atoms with E-state index in [1.54, 1.807) is 13.4 Å². The minimum absolute atomic E-state index is 0.0483. The molecule has 162 valence electrons. The largest absolute Gasteiger partial charge is 0.497 e. The fraction of sp³-hybridized carbons (Fsp3) is 0.320. The molecule has 0 unspecified atom stereocenters. The van der Waals surface area contributed by atoms with Crippen LogP contribution in [-0.2, 0) is 0 Å². The van der Waals surface area contributed by atoms with Gasteiger partial charge in [-0.2, -0.15) is 0 Å². The van der Waals surface area contributed by atoms with E-state index >= 15 is 0 Å². The van der Waals surface area contributed by atoms with Crippen LogP contribution in [0.1, 0.15) is 27.7 Å². The molecule has 6 nitrogen and oxygen atoms in total. The van der Waals surface area contributed by atoms with Crippen molar-refractivity contribution in [2.75, 3.05) is 44.7 Å². The lowest BCUT2D eigenvalue weighted by molar-refractivity contribution is -0.932. The van der Waals surface area contributed by atoms with Crippen LogP contribution in [-0.4, -0.2) is 45.7 Å². The Morgan fingerprint density at radius 1 is 1.10 bits per heavy atom. The van der Waals surface area contributed by atoms with Crippen LogP contribution in [0.15, 0.2) is 71.3 Å². The number of piperazine rings is 1. The molecule has 0 aliphatic carbocycles. The van der Waals surface area contributed by atoms with Gasteiger partial charge in [0.05, 0.1) is 46.1 Å². The van der Waals surface area contributed by atoms with Gasteiger partial charge >= 0.3 is 0 Å². The van der Waals surface area contributed by atoms with Crippen molar-refractivity contribution < 1.29 is 18.8 Å². The standard InChI is InChI=1S/C25H29N3O3/c1-19-5-7-20(8-6-19)25(29)26-18-23(24-4-3-17-31-24)28-15-13-27(14-16-28)21-9-11-22(30-2)12-10-21/h3-12,17,23H,13-16,18H2,1-2H3,(H,26,29)/p+1/t23-/m1/s1. The maximum absolute atomic E-state index is 12.6. The normalized spacial score (nSPS) is 15.5. The third kappa shape index (κ3) is 5.09. The Balaban J connectivity index is 1.39. The Bertz CT molecular complexity index is 960. The summed E-state index contributed by atoms with van der Waals surface area (Å²) in [5.74, 6) is 1.74. The molecule has 0 radical (unpaired) electrons. The van der Waals surface area contributed by atoms with E-state index in [0.29, 0.717) is 12.1 Å². The number of aryl methyl sites for hydroxylation is 1. The molecular formula is C25H30N3O3+. The molecule has 2 aromatic carbocycles. The zero-order chi connectivity index (χ0) is 21.6. The van der Waals surface area contributed by atoms with Crippen molar-refractivity contribution in [1.29, 1.82) is 0 Å². The van der Waals surface area contributed by atoms with Crippen LogP contribution >= 0.6 is 0 Å². The van der Waals surface area contributed by atoms with Crippen LogP contribution < -0.4 is 19.9 Å². The molecule has 6 heteroatoms. The highest BCUT2D eigenvalue weighted by Crippen LogP contribution is 2.19. The van der Waals surface area contributed by atoms with Crippen molar-refractivity contribution in [2.24, 2.45) is 0 Å². The summed E-state index contributed by atoms with van der Waals surface area (Å²) in [7, 11) is 1.68. The maximum atomic E-state index is 12.6. The number of methoxy groups -OCH3 is 1. The Kier molecular flexibility index (Phi) is 6.57. The Morgan fingerprint density at radius 3 is 2.42 bits per heavy atom. The summed E-state index contributed by atoms with van der Waals surface area (Å²) in [6, 6.07) is 19.9. The monoisotopic (exact) mass is 420 g/mol. The summed E-state index contributed by atoms with van der Waals surface area (Å²) in [5, 5.41) is 3.11. The number of hydrogen-bond acceptors (Lipinski definition) is 4. The van der Waals surface area contributed by atoms with Crippen molar-refractivity contribution in [3.8, 4) is 5.75 Å². The molecule has 0 saturated carbocycles. The number of carbonyl (C=O) groups excluding carboxylic acids is 1. The van der Waals surface area contributed by atoms with Crippen LogP contribution in [0.2, 0.25) is 0 Å². The second-order valence-corrected chi connectivity index (χ2v) is 7.99. The molecule has 0 bridgehead atoms. The number of carbonyl (C=O) groups is 1. The summed E-state index contributed by atoms with van der Waals surface area (Å²) in [4.78, 5) is 16.4. The van der Waals surface area contributed by atoms with Crippen LogP contribution in [0.3, 0.4) is 0 Å². The first kappa shape index (κ1) is 21.0. The van der Waals surface area contributed by atoms with Gasteiger partial charge in [-0.25, -0.2) is 0 Å². The molecule has 2 heterocycles. The summed E-state index contributed by atoms with van der Waals surface area (Å²) in [5.41, 5.74) is 3.04. The smallest absolute Gasteiger partial charge is 0.251 e. The first-order chi connectivity index (χ1) is 15.1. The zero-order valence-electron chi connectivity index (χ0n) is 18.1. The number of benzene rings is 2. The molecule has 31 heavy (non-hydrogen) atoms. The number of amides is 1. The van der Waals surface area contributed by atoms with Gasteiger partial charge in [0.25, 0.3) is 5.91 Å². The average Bonchev–Trinajstić information content (AvgIpc) is 3.35. The van der Waals surface area contributed by atoms with Crippen LogP contribution in [0.5, 0.6) is 5.75 Å². The molecule has 0 spiro atoms. The Hall–Kier alpha value is -3.25. The number of hydrogen-bond donors (Lipinski definition) is 2. The van der Waals surface area contributed by atoms with E-state index in [9.17, 15) is 4.79 Å². The van der Waals surface area contributed by atoms with Gasteiger partial charge in [0.15, 0.2) is 11.8 Å². The van der Waals surface area contributed by atoms with Gasteiger partial charge < -0.3 is 24.3 Å². The fourth-order valence-electron chi connectivity index (χ4n) is 4.13. The number of nitrogens with one attached hydrogen (secondary N) is 2. The average molecular weight is 421 g/mol. The topological polar surface area (TPSA) is 59.1 Å². The van der Waals surface area contributed by atoms with Gasteiger partial charge in [-0.1, -0.05) is 17.7 Å². The first-order valence-electron chi connectivity index (χ1n) is 10.8. The number of furan rings is 1. The van der Waals surface area contributed by atoms with Crippen molar-refractivity contribution in [3.63, 3.8) is 0 Å². The minimum Gasteiger partial charge on any atom is -0.497 e. The number of rotatable bonds is 7. The van der Waals surface area contributed by atoms with Crippen molar-refractivity contribution in [1.82, 2.24) is 5.32 Å². The lowest BCUT2D eigenvalue weighted by Gasteiger charge is -2.37. The van der Waals surface area contributed by atoms with Crippen molar-refractivity contribution in [2.45, 2.75) is 13.0 Å². The number of anilines is 1. The van der Waals surface area contributed by atoms with Crippen molar-refractivity contribution in [3.05, 3.63) is 83.8 Å². The summed E-state index contributed by atoms with van der Waals surface area (Å²) < 4.78 is 11.0. The van der Waals surface area contributed by atoms with Crippen molar-refractivity contribution >= 4 is 11.6 Å². The maximum Gasteiger partial charge on any atom is 0.251 e. The predicted octanol–water partition coefficient (Wildman–Crippen LogP) is 2.47. The highest BCUT2D eigenvalue weighted by Gasteiger charge is 2.31. The second-order valence-electron chi connectivity index (χ2n) is 7.99. The van der Waals surface area contributed by atoms with Gasteiger partial charge in [0.2, 0.25) is 0 Å². The van der Waals surface area contributed by atoms with Crippen LogP contribution in [0.4, 0.5) is 5.69 Å². The zero-order valence-corrected chi connectivity index (χ0v) is 18.1. The Morgan fingerprint density at radius 2 is 1.81 bits per heavy atom. The quantitative estimate of drug-likeness (QED) is 0.617. The SMILES string of the molecule is COc1ccc(N2CC[NH+]([C@H](CNC(=O)c3ccc(C)cc3)c3ccco3)CC2)cc1. The predicted molar refractivity (Wildman–Crippen MR) is 121 cm³/mol. The molecule has 3 aromatic rings. The third-order valence-electron chi connectivity index (χ3n) is 6.00. The molecule has 4 rings (SSSR count). The van der Waals surface area contributed by atoms with E-state index in [-0.39, 0.29) is 11.9 Å². The van der Waals surface area contributed by atoms with Gasteiger partial charge in [0, 0.05) is 11.3 Å².